The van der Waals surface area contributed by atoms with Gasteiger partial charge < -0.3 is 11.1 Å². The van der Waals surface area contributed by atoms with Crippen LogP contribution < -0.4 is 11.1 Å². The molecule has 1 aromatic heterocycles. The monoisotopic (exact) mass is 231 g/mol. The number of benzene rings is 1. The van der Waals surface area contributed by atoms with Gasteiger partial charge >= 0.3 is 0 Å². The fourth-order valence-electron chi connectivity index (χ4n) is 1.27. The minimum Gasteiger partial charge on any atom is -0.397 e. The Morgan fingerprint density at radius 3 is 2.47 bits per heavy atom. The fraction of sp³-hybridized carbons (Fsp3) is 0. The molecule has 86 valence electrons. The number of hydrogen-bond acceptors (Lipinski definition) is 3. The lowest BCUT2D eigenvalue weighted by Gasteiger charge is -2.04. The first-order valence-electron chi connectivity index (χ1n) is 4.93. The molecule has 0 radical (unpaired) electrons. The van der Waals surface area contributed by atoms with Gasteiger partial charge in [0.25, 0.3) is 5.91 Å². The Morgan fingerprint density at radius 2 is 1.88 bits per heavy atom. The number of hydrogen-bond donors (Lipinski definition) is 2. The van der Waals surface area contributed by atoms with Crippen molar-refractivity contribution in [3.05, 3.63) is 54.1 Å². The molecule has 0 saturated heterocycles. The Morgan fingerprint density at radius 1 is 1.18 bits per heavy atom. The van der Waals surface area contributed by atoms with E-state index < -0.39 is 0 Å². The zero-order valence-corrected chi connectivity index (χ0v) is 8.85. The van der Waals surface area contributed by atoms with E-state index in [1.807, 2.05) is 0 Å². The summed E-state index contributed by atoms with van der Waals surface area (Å²) in [6.07, 6.45) is 1.40. The number of anilines is 2. The lowest BCUT2D eigenvalue weighted by Crippen LogP contribution is -2.13. The number of aromatic nitrogens is 1. The van der Waals surface area contributed by atoms with Crippen molar-refractivity contribution in [2.75, 3.05) is 11.1 Å². The van der Waals surface area contributed by atoms with Gasteiger partial charge in [-0.2, -0.15) is 0 Å². The first-order chi connectivity index (χ1) is 8.15. The molecule has 1 aromatic carbocycles. The Kier molecular flexibility index (Phi) is 3.00. The van der Waals surface area contributed by atoms with E-state index in [1.54, 1.807) is 6.07 Å². The van der Waals surface area contributed by atoms with Gasteiger partial charge in [0.2, 0.25) is 0 Å². The number of nitrogens with two attached hydrogens (primary N) is 1. The third-order valence-corrected chi connectivity index (χ3v) is 2.12. The minimum absolute atomic E-state index is 0.253. The molecule has 0 spiro atoms. The zero-order valence-electron chi connectivity index (χ0n) is 8.85. The highest BCUT2D eigenvalue weighted by molar-refractivity contribution is 6.02. The summed E-state index contributed by atoms with van der Waals surface area (Å²) < 4.78 is 12.7. The Hall–Kier alpha value is -2.43. The predicted molar refractivity (Wildman–Crippen MR) is 63.0 cm³/mol. The summed E-state index contributed by atoms with van der Waals surface area (Å²) in [6.45, 7) is 0. The highest BCUT2D eigenvalue weighted by Gasteiger charge is 2.06. The van der Waals surface area contributed by atoms with Crippen molar-refractivity contribution < 1.29 is 9.18 Å². The van der Waals surface area contributed by atoms with Gasteiger partial charge in [-0.1, -0.05) is 0 Å². The van der Waals surface area contributed by atoms with E-state index in [0.717, 1.165) is 0 Å². The molecule has 0 unspecified atom stereocenters. The van der Waals surface area contributed by atoms with Crippen LogP contribution in [0.2, 0.25) is 0 Å². The Bertz CT molecular complexity index is 522. The lowest BCUT2D eigenvalue weighted by atomic mass is 10.3. The van der Waals surface area contributed by atoms with Crippen LogP contribution in [0, 0.1) is 5.82 Å². The van der Waals surface area contributed by atoms with Crippen molar-refractivity contribution in [3.63, 3.8) is 0 Å². The van der Waals surface area contributed by atoms with E-state index in [0.29, 0.717) is 11.4 Å². The van der Waals surface area contributed by atoms with Crippen LogP contribution in [0.15, 0.2) is 42.6 Å². The third kappa shape index (κ3) is 2.78. The number of nitrogen functional groups attached to an aromatic ring is 1. The standard InChI is InChI=1S/C12H10FN3O/c13-8-1-4-10(5-2-8)16-12(17)11-6-3-9(14)7-15-11/h1-7H,14H2,(H,16,17). The Labute approximate surface area is 97.3 Å². The van der Waals surface area contributed by atoms with E-state index in [-0.39, 0.29) is 17.4 Å². The van der Waals surface area contributed by atoms with Gasteiger partial charge in [-0.3, -0.25) is 4.79 Å². The fourth-order valence-corrected chi connectivity index (χ4v) is 1.27. The number of pyridine rings is 1. The van der Waals surface area contributed by atoms with E-state index in [9.17, 15) is 9.18 Å². The highest BCUT2D eigenvalue weighted by Crippen LogP contribution is 2.10. The van der Waals surface area contributed by atoms with Gasteiger partial charge in [0, 0.05) is 5.69 Å². The van der Waals surface area contributed by atoms with E-state index in [4.69, 9.17) is 5.73 Å². The number of rotatable bonds is 2. The van der Waals surface area contributed by atoms with Gasteiger partial charge in [-0.15, -0.1) is 0 Å². The summed E-state index contributed by atoms with van der Waals surface area (Å²) in [5, 5.41) is 2.60. The molecule has 1 amide bonds. The summed E-state index contributed by atoms with van der Waals surface area (Å²) in [4.78, 5) is 15.6. The van der Waals surface area contributed by atoms with Crippen molar-refractivity contribution in [1.29, 1.82) is 0 Å². The molecule has 0 aliphatic carbocycles. The smallest absolute Gasteiger partial charge is 0.274 e. The van der Waals surface area contributed by atoms with Crippen LogP contribution in [0.5, 0.6) is 0 Å². The van der Waals surface area contributed by atoms with Crippen LogP contribution in [-0.4, -0.2) is 10.9 Å². The molecule has 4 nitrogen and oxygen atoms in total. The quantitative estimate of drug-likeness (QED) is 0.831. The number of carbonyl (C=O) groups is 1. The van der Waals surface area contributed by atoms with Gasteiger partial charge in [0.15, 0.2) is 0 Å². The van der Waals surface area contributed by atoms with E-state index >= 15 is 0 Å². The molecule has 0 aliphatic heterocycles. The van der Waals surface area contributed by atoms with Gasteiger partial charge in [-0.05, 0) is 36.4 Å². The predicted octanol–water partition coefficient (Wildman–Crippen LogP) is 2.06. The van der Waals surface area contributed by atoms with Crippen molar-refractivity contribution >= 4 is 17.3 Å². The normalized spacial score (nSPS) is 9.94. The molecular weight excluding hydrogens is 221 g/mol. The number of halogens is 1. The minimum atomic E-state index is -0.364. The third-order valence-electron chi connectivity index (χ3n) is 2.12. The topological polar surface area (TPSA) is 68.0 Å². The van der Waals surface area contributed by atoms with Crippen LogP contribution in [-0.2, 0) is 0 Å². The zero-order chi connectivity index (χ0) is 12.3. The molecule has 17 heavy (non-hydrogen) atoms. The van der Waals surface area contributed by atoms with E-state index in [2.05, 4.69) is 10.3 Å². The number of carbonyl (C=O) groups excluding carboxylic acids is 1. The van der Waals surface area contributed by atoms with Gasteiger partial charge in [0.05, 0.1) is 11.9 Å². The second-order valence-electron chi connectivity index (χ2n) is 3.44. The van der Waals surface area contributed by atoms with Crippen molar-refractivity contribution in [2.24, 2.45) is 0 Å². The molecule has 0 aliphatic rings. The summed E-state index contributed by atoms with van der Waals surface area (Å²) >= 11 is 0. The number of amides is 1. The average Bonchev–Trinajstić information content (AvgIpc) is 2.33. The number of nitrogens with one attached hydrogen (secondary N) is 1. The molecule has 0 saturated carbocycles. The van der Waals surface area contributed by atoms with Crippen LogP contribution in [0.1, 0.15) is 10.5 Å². The number of nitrogens with zero attached hydrogens (tertiary/aromatic N) is 1. The molecule has 2 rings (SSSR count). The van der Waals surface area contributed by atoms with Gasteiger partial charge in [-0.25, -0.2) is 9.37 Å². The van der Waals surface area contributed by atoms with Crippen molar-refractivity contribution in [3.8, 4) is 0 Å². The molecular formula is C12H10FN3O. The molecule has 0 bridgehead atoms. The SMILES string of the molecule is Nc1ccc(C(=O)Nc2ccc(F)cc2)nc1. The Balaban J connectivity index is 2.11. The summed E-state index contributed by atoms with van der Waals surface area (Å²) in [7, 11) is 0. The maximum atomic E-state index is 12.7. The molecule has 0 fully saturated rings. The summed E-state index contributed by atoms with van der Waals surface area (Å²) in [6, 6.07) is 8.61. The van der Waals surface area contributed by atoms with E-state index in [1.165, 1.54) is 36.5 Å². The summed E-state index contributed by atoms with van der Waals surface area (Å²) in [5.74, 6) is -0.717. The first-order valence-corrected chi connectivity index (χ1v) is 4.93. The van der Waals surface area contributed by atoms with Crippen LogP contribution in [0.25, 0.3) is 0 Å². The molecule has 1 heterocycles. The molecule has 2 aromatic rings. The largest absolute Gasteiger partial charge is 0.397 e. The van der Waals surface area contributed by atoms with Crippen LogP contribution >= 0.6 is 0 Å². The molecule has 5 heteroatoms. The highest BCUT2D eigenvalue weighted by atomic mass is 19.1. The summed E-state index contributed by atoms with van der Waals surface area (Å²) in [5.41, 5.74) is 6.71. The lowest BCUT2D eigenvalue weighted by molar-refractivity contribution is 0.102. The maximum absolute atomic E-state index is 12.7. The second-order valence-corrected chi connectivity index (χ2v) is 3.44. The average molecular weight is 231 g/mol. The van der Waals surface area contributed by atoms with Crippen molar-refractivity contribution in [1.82, 2.24) is 4.98 Å². The molecule has 0 atom stereocenters. The first kappa shape index (κ1) is 11.1. The van der Waals surface area contributed by atoms with Crippen molar-refractivity contribution in [2.45, 2.75) is 0 Å². The van der Waals surface area contributed by atoms with Crippen LogP contribution in [0.3, 0.4) is 0 Å². The second kappa shape index (κ2) is 4.61. The van der Waals surface area contributed by atoms with Crippen LogP contribution in [0.4, 0.5) is 15.8 Å². The maximum Gasteiger partial charge on any atom is 0.274 e. The van der Waals surface area contributed by atoms with Gasteiger partial charge in [0.1, 0.15) is 11.5 Å². The molecule has 3 N–H and O–H groups in total.